The monoisotopic (exact) mass is 156 g/mol. The van der Waals surface area contributed by atoms with Gasteiger partial charge in [0.15, 0.2) is 0 Å². The molecule has 11 heavy (non-hydrogen) atoms. The molecule has 0 aliphatic heterocycles. The molecule has 0 fully saturated rings. The highest BCUT2D eigenvalue weighted by Crippen LogP contribution is 2.27. The smallest absolute Gasteiger partial charge is 0.231 e. The van der Waals surface area contributed by atoms with Crippen LogP contribution in [-0.2, 0) is 9.39 Å². The SMILES string of the molecule is BBOC(C)(C)C(C)(C)OC. The molecule has 0 spiro atoms. The van der Waals surface area contributed by atoms with Crippen molar-refractivity contribution in [2.75, 3.05) is 7.11 Å². The van der Waals surface area contributed by atoms with Crippen LogP contribution in [0.15, 0.2) is 0 Å². The summed E-state index contributed by atoms with van der Waals surface area (Å²) in [7, 11) is 4.42. The van der Waals surface area contributed by atoms with Gasteiger partial charge in [0.2, 0.25) is 7.37 Å². The van der Waals surface area contributed by atoms with E-state index in [4.69, 9.17) is 9.39 Å². The van der Waals surface area contributed by atoms with Gasteiger partial charge in [-0.25, -0.2) is 0 Å². The van der Waals surface area contributed by atoms with Crippen LogP contribution in [0.2, 0.25) is 0 Å². The number of methoxy groups -OCH3 is 1. The van der Waals surface area contributed by atoms with Gasteiger partial charge >= 0.3 is 0 Å². The van der Waals surface area contributed by atoms with Crippen molar-refractivity contribution >= 4 is 15.1 Å². The summed E-state index contributed by atoms with van der Waals surface area (Å²) in [6, 6.07) is 0. The topological polar surface area (TPSA) is 18.5 Å². The Kier molecular flexibility index (Phi) is 3.65. The van der Waals surface area contributed by atoms with Gasteiger partial charge in [-0.15, -0.1) is 0 Å². The minimum atomic E-state index is -0.233. The molecule has 0 saturated carbocycles. The molecule has 0 rings (SSSR count). The van der Waals surface area contributed by atoms with E-state index in [1.807, 2.05) is 35.4 Å². The van der Waals surface area contributed by atoms with E-state index in [0.29, 0.717) is 0 Å². The lowest BCUT2D eigenvalue weighted by atomic mass is 9.70. The molecule has 4 heteroatoms. The maximum atomic E-state index is 5.56. The van der Waals surface area contributed by atoms with E-state index in [9.17, 15) is 0 Å². The van der Waals surface area contributed by atoms with Crippen LogP contribution in [0.1, 0.15) is 27.7 Å². The highest BCUT2D eigenvalue weighted by Gasteiger charge is 2.36. The second-order valence-electron chi connectivity index (χ2n) is 3.66. The molecule has 0 bridgehead atoms. The van der Waals surface area contributed by atoms with Crippen LogP contribution in [0.3, 0.4) is 0 Å². The molecular weight excluding hydrogens is 138 g/mol. The lowest BCUT2D eigenvalue weighted by Crippen LogP contribution is -2.49. The lowest BCUT2D eigenvalue weighted by Gasteiger charge is -2.40. The lowest BCUT2D eigenvalue weighted by molar-refractivity contribution is -0.113. The average molecular weight is 156 g/mol. The molecule has 64 valence electrons. The molecule has 2 nitrogen and oxygen atoms in total. The number of rotatable bonds is 4. The fourth-order valence-corrected chi connectivity index (χ4v) is 0.780. The zero-order valence-electron chi connectivity index (χ0n) is 8.52. The molecule has 0 saturated heterocycles. The van der Waals surface area contributed by atoms with Crippen molar-refractivity contribution in [3.05, 3.63) is 0 Å². The Hall–Kier alpha value is 0.0499. The summed E-state index contributed by atoms with van der Waals surface area (Å²) in [4.78, 5) is 0. The van der Waals surface area contributed by atoms with E-state index in [0.717, 1.165) is 7.37 Å². The van der Waals surface area contributed by atoms with E-state index in [-0.39, 0.29) is 11.2 Å². The molecule has 0 unspecified atom stereocenters. The van der Waals surface area contributed by atoms with E-state index in [1.165, 1.54) is 0 Å². The zero-order valence-corrected chi connectivity index (χ0v) is 8.52. The van der Waals surface area contributed by atoms with E-state index in [2.05, 4.69) is 0 Å². The molecule has 0 aliphatic rings. The summed E-state index contributed by atoms with van der Waals surface area (Å²) < 4.78 is 10.9. The predicted molar refractivity (Wildman–Crippen MR) is 51.9 cm³/mol. The third-order valence-corrected chi connectivity index (χ3v) is 2.47. The Bertz CT molecular complexity index is 124. The highest BCUT2D eigenvalue weighted by molar-refractivity contribution is 6.85. The first-order valence-corrected chi connectivity index (χ1v) is 4.06. The summed E-state index contributed by atoms with van der Waals surface area (Å²) in [5.41, 5.74) is -0.459. The molecule has 0 aromatic heterocycles. The summed E-state index contributed by atoms with van der Waals surface area (Å²) in [5, 5.41) is 0. The van der Waals surface area contributed by atoms with E-state index >= 15 is 0 Å². The van der Waals surface area contributed by atoms with Crippen LogP contribution in [0.5, 0.6) is 0 Å². The summed E-state index contributed by atoms with van der Waals surface area (Å²) in [5.74, 6) is 0. The Morgan fingerprint density at radius 2 is 1.55 bits per heavy atom. The fraction of sp³-hybridized carbons (Fsp3) is 1.00. The van der Waals surface area contributed by atoms with Crippen molar-refractivity contribution in [3.8, 4) is 0 Å². The number of hydrogen-bond donors (Lipinski definition) is 0. The van der Waals surface area contributed by atoms with Crippen molar-refractivity contribution < 1.29 is 9.39 Å². The van der Waals surface area contributed by atoms with Crippen molar-refractivity contribution in [2.24, 2.45) is 0 Å². The van der Waals surface area contributed by atoms with Crippen molar-refractivity contribution in [2.45, 2.75) is 38.9 Å². The molecule has 0 radical (unpaired) electrons. The third-order valence-electron chi connectivity index (χ3n) is 2.47. The first-order chi connectivity index (χ1) is 4.87. The minimum Gasteiger partial charge on any atom is -0.442 e. The summed E-state index contributed by atoms with van der Waals surface area (Å²) in [6.45, 7) is 8.14. The fourth-order valence-electron chi connectivity index (χ4n) is 0.780. The van der Waals surface area contributed by atoms with E-state index < -0.39 is 0 Å². The zero-order chi connectivity index (χ0) is 9.12. The molecule has 0 aromatic carbocycles. The molecule has 0 atom stereocenters. The standard InChI is InChI=1S/C7H18B2O2/c1-6(2,10-5)7(3,4)11-9-8/h9H,8H2,1-5H3. The second kappa shape index (κ2) is 3.63. The highest BCUT2D eigenvalue weighted by atomic mass is 16.5. The van der Waals surface area contributed by atoms with E-state index in [1.54, 1.807) is 7.11 Å². The van der Waals surface area contributed by atoms with Gasteiger partial charge in [-0.1, -0.05) is 0 Å². The Labute approximate surface area is 71.3 Å². The normalized spacial score (nSPS) is 13.2. The number of hydrogen-bond acceptors (Lipinski definition) is 2. The quantitative estimate of drug-likeness (QED) is 0.537. The van der Waals surface area contributed by atoms with Gasteiger partial charge in [0.05, 0.1) is 11.2 Å². The Morgan fingerprint density at radius 1 is 1.09 bits per heavy atom. The molecule has 0 heterocycles. The maximum Gasteiger partial charge on any atom is 0.231 e. The van der Waals surface area contributed by atoms with Gasteiger partial charge in [0.25, 0.3) is 0 Å². The predicted octanol–water partition coefficient (Wildman–Crippen LogP) is 0.106. The minimum absolute atomic E-state index is 0.226. The summed E-state index contributed by atoms with van der Waals surface area (Å²) >= 11 is 0. The first-order valence-electron chi connectivity index (χ1n) is 4.06. The van der Waals surface area contributed by atoms with Crippen molar-refractivity contribution in [1.29, 1.82) is 0 Å². The second-order valence-corrected chi connectivity index (χ2v) is 3.66. The van der Waals surface area contributed by atoms with Crippen molar-refractivity contribution in [1.82, 2.24) is 0 Å². The molecule has 0 aromatic rings. The van der Waals surface area contributed by atoms with Crippen molar-refractivity contribution in [3.63, 3.8) is 0 Å². The summed E-state index contributed by atoms with van der Waals surface area (Å²) in [6.07, 6.45) is 0. The van der Waals surface area contributed by atoms with Crippen LogP contribution in [0, 0.1) is 0 Å². The molecule has 0 amide bonds. The van der Waals surface area contributed by atoms with Gasteiger partial charge in [0, 0.05) is 7.11 Å². The van der Waals surface area contributed by atoms with Crippen LogP contribution in [0.25, 0.3) is 0 Å². The van der Waals surface area contributed by atoms with Crippen LogP contribution in [-0.4, -0.2) is 33.4 Å². The van der Waals surface area contributed by atoms with Gasteiger partial charge in [0.1, 0.15) is 7.74 Å². The van der Waals surface area contributed by atoms with Gasteiger partial charge in [-0.2, -0.15) is 0 Å². The molecule has 0 N–H and O–H groups in total. The third kappa shape index (κ3) is 2.53. The average Bonchev–Trinajstić information content (AvgIpc) is 1.87. The largest absolute Gasteiger partial charge is 0.442 e. The Morgan fingerprint density at radius 3 is 1.82 bits per heavy atom. The number of ether oxygens (including phenoxy) is 1. The van der Waals surface area contributed by atoms with Crippen LogP contribution < -0.4 is 0 Å². The maximum absolute atomic E-state index is 5.56. The van der Waals surface area contributed by atoms with Crippen LogP contribution in [0.4, 0.5) is 0 Å². The van der Waals surface area contributed by atoms with Crippen LogP contribution >= 0.6 is 0 Å². The first kappa shape index (κ1) is 11.0. The molecular formula is C7H18B2O2. The van der Waals surface area contributed by atoms with Gasteiger partial charge in [-0.3, -0.25) is 0 Å². The van der Waals surface area contributed by atoms with Gasteiger partial charge in [-0.05, 0) is 27.7 Å². The molecule has 0 aliphatic carbocycles. The Balaban J connectivity index is 4.26. The van der Waals surface area contributed by atoms with Gasteiger partial charge < -0.3 is 9.39 Å².